The first-order valence-corrected chi connectivity index (χ1v) is 8.51. The third kappa shape index (κ3) is 5.46. The third-order valence-corrected chi connectivity index (χ3v) is 4.12. The van der Waals surface area contributed by atoms with E-state index in [0.29, 0.717) is 43.5 Å². The third-order valence-electron chi connectivity index (χ3n) is 4.12. The fraction of sp³-hybridized carbons (Fsp3) is 0.611. The molecule has 0 saturated carbocycles. The molecule has 1 amide bonds. The van der Waals surface area contributed by atoms with Crippen molar-refractivity contribution in [1.29, 1.82) is 0 Å². The number of ether oxygens (including phenoxy) is 1. The van der Waals surface area contributed by atoms with E-state index in [9.17, 15) is 9.18 Å². The van der Waals surface area contributed by atoms with Crippen LogP contribution in [0.25, 0.3) is 0 Å². The van der Waals surface area contributed by atoms with Gasteiger partial charge in [-0.3, -0.25) is 9.69 Å². The zero-order chi connectivity index (χ0) is 17.5. The minimum Gasteiger partial charge on any atom is -0.493 e. The van der Waals surface area contributed by atoms with Gasteiger partial charge in [-0.25, -0.2) is 4.39 Å². The number of carbonyl (C=O) groups excluding carboxylic acids is 1. The molecule has 1 aliphatic heterocycles. The first-order valence-electron chi connectivity index (χ1n) is 8.51. The average molecular weight is 338 g/mol. The van der Waals surface area contributed by atoms with Crippen molar-refractivity contribution in [3.63, 3.8) is 0 Å². The summed E-state index contributed by atoms with van der Waals surface area (Å²) in [7, 11) is 0. The van der Waals surface area contributed by atoms with E-state index in [4.69, 9.17) is 9.84 Å². The van der Waals surface area contributed by atoms with E-state index < -0.39 is 0 Å². The predicted molar refractivity (Wildman–Crippen MR) is 90.2 cm³/mol. The first kappa shape index (κ1) is 18.7. The lowest BCUT2D eigenvalue weighted by Gasteiger charge is -2.38. The van der Waals surface area contributed by atoms with Crippen molar-refractivity contribution >= 4 is 5.91 Å². The van der Waals surface area contributed by atoms with Crippen molar-refractivity contribution in [2.45, 2.75) is 26.8 Å². The van der Waals surface area contributed by atoms with Crippen LogP contribution in [0.5, 0.6) is 5.75 Å². The van der Waals surface area contributed by atoms with Crippen LogP contribution in [-0.4, -0.2) is 48.8 Å². The van der Waals surface area contributed by atoms with Gasteiger partial charge in [-0.15, -0.1) is 0 Å². The zero-order valence-corrected chi connectivity index (χ0v) is 14.4. The molecule has 5 nitrogen and oxygen atoms in total. The molecular formula is C18H27FN2O3. The maximum absolute atomic E-state index is 14.2. The van der Waals surface area contributed by atoms with Crippen molar-refractivity contribution in [2.75, 3.05) is 32.8 Å². The Morgan fingerprint density at radius 3 is 2.83 bits per heavy atom. The van der Waals surface area contributed by atoms with Gasteiger partial charge < -0.3 is 15.2 Å². The van der Waals surface area contributed by atoms with Crippen molar-refractivity contribution < 1.29 is 19.0 Å². The number of rotatable bonds is 9. The molecule has 1 heterocycles. The Labute approximate surface area is 142 Å². The maximum Gasteiger partial charge on any atom is 0.225 e. The highest BCUT2D eigenvalue weighted by molar-refractivity contribution is 5.79. The summed E-state index contributed by atoms with van der Waals surface area (Å²) in [6.07, 6.45) is 0.941. The van der Waals surface area contributed by atoms with Crippen molar-refractivity contribution in [2.24, 2.45) is 11.8 Å². The number of likely N-dealkylation sites (tertiary alicyclic amines) is 1. The molecule has 0 aliphatic carbocycles. The summed E-state index contributed by atoms with van der Waals surface area (Å²) in [5.74, 6) is 0.725. The fourth-order valence-corrected chi connectivity index (χ4v) is 2.59. The standard InChI is InChI=1S/C18H27FN2O3/c1-13(2)5-8-24-16-4-3-14(17(19)9-16)10-21-11-15(12-21)18(23)20-6-7-22/h3-4,9,13,15,22H,5-8,10-12H2,1-2H3,(H,20,23). The van der Waals surface area contributed by atoms with Gasteiger partial charge in [-0.05, 0) is 18.4 Å². The Kier molecular flexibility index (Phi) is 6.99. The lowest BCUT2D eigenvalue weighted by Crippen LogP contribution is -2.53. The van der Waals surface area contributed by atoms with Gasteiger partial charge in [0.2, 0.25) is 5.91 Å². The molecule has 2 N–H and O–H groups in total. The van der Waals surface area contributed by atoms with Gasteiger partial charge in [0.25, 0.3) is 0 Å². The van der Waals surface area contributed by atoms with Crippen LogP contribution in [0.3, 0.4) is 0 Å². The number of nitrogens with one attached hydrogen (secondary N) is 1. The second-order valence-electron chi connectivity index (χ2n) is 6.69. The number of benzene rings is 1. The molecule has 0 aromatic heterocycles. The lowest BCUT2D eigenvalue weighted by molar-refractivity contribution is -0.130. The Morgan fingerprint density at radius 2 is 2.21 bits per heavy atom. The Balaban J connectivity index is 1.77. The summed E-state index contributed by atoms with van der Waals surface area (Å²) in [6, 6.07) is 4.98. The molecule has 0 unspecified atom stereocenters. The quantitative estimate of drug-likeness (QED) is 0.721. The van der Waals surface area contributed by atoms with Crippen LogP contribution < -0.4 is 10.1 Å². The number of aliphatic hydroxyl groups is 1. The van der Waals surface area contributed by atoms with Crippen LogP contribution in [0.15, 0.2) is 18.2 Å². The van der Waals surface area contributed by atoms with Gasteiger partial charge in [0, 0.05) is 37.8 Å². The van der Waals surface area contributed by atoms with Gasteiger partial charge >= 0.3 is 0 Å². The summed E-state index contributed by atoms with van der Waals surface area (Å²) in [6.45, 7) is 6.78. The van der Waals surface area contributed by atoms with E-state index in [1.54, 1.807) is 12.1 Å². The molecule has 1 saturated heterocycles. The number of halogens is 1. The highest BCUT2D eigenvalue weighted by atomic mass is 19.1. The molecule has 134 valence electrons. The minimum absolute atomic E-state index is 0.0466. The molecule has 2 rings (SSSR count). The minimum atomic E-state index is -0.273. The van der Waals surface area contributed by atoms with Gasteiger partial charge in [0.15, 0.2) is 0 Å². The molecule has 24 heavy (non-hydrogen) atoms. The Morgan fingerprint density at radius 1 is 1.46 bits per heavy atom. The predicted octanol–water partition coefficient (Wildman–Crippen LogP) is 1.79. The van der Waals surface area contributed by atoms with Gasteiger partial charge in [-0.1, -0.05) is 19.9 Å². The molecule has 1 aliphatic rings. The van der Waals surface area contributed by atoms with E-state index in [-0.39, 0.29) is 30.8 Å². The van der Waals surface area contributed by atoms with E-state index in [1.807, 2.05) is 4.90 Å². The SMILES string of the molecule is CC(C)CCOc1ccc(CN2CC(C(=O)NCCO)C2)c(F)c1. The Bertz CT molecular complexity index is 545. The van der Waals surface area contributed by atoms with Gasteiger partial charge in [0.05, 0.1) is 19.1 Å². The monoisotopic (exact) mass is 338 g/mol. The normalized spacial score (nSPS) is 15.4. The molecule has 0 atom stereocenters. The average Bonchev–Trinajstić information content (AvgIpc) is 2.49. The lowest BCUT2D eigenvalue weighted by atomic mass is 9.98. The molecule has 1 fully saturated rings. The maximum atomic E-state index is 14.2. The van der Waals surface area contributed by atoms with E-state index in [1.165, 1.54) is 6.07 Å². The molecule has 0 radical (unpaired) electrons. The van der Waals surface area contributed by atoms with E-state index >= 15 is 0 Å². The van der Waals surface area contributed by atoms with Gasteiger partial charge in [-0.2, -0.15) is 0 Å². The number of aliphatic hydroxyl groups excluding tert-OH is 1. The van der Waals surface area contributed by atoms with Crippen LogP contribution in [-0.2, 0) is 11.3 Å². The highest BCUT2D eigenvalue weighted by Crippen LogP contribution is 2.23. The largest absolute Gasteiger partial charge is 0.493 e. The van der Waals surface area contributed by atoms with E-state index in [0.717, 1.165) is 6.42 Å². The summed E-state index contributed by atoms with van der Waals surface area (Å²) in [5, 5.41) is 11.4. The van der Waals surface area contributed by atoms with Crippen molar-refractivity contribution in [1.82, 2.24) is 10.2 Å². The van der Waals surface area contributed by atoms with E-state index in [2.05, 4.69) is 19.2 Å². The number of hydrogen-bond donors (Lipinski definition) is 2. The molecule has 1 aromatic rings. The summed E-state index contributed by atoms with van der Waals surface area (Å²) < 4.78 is 19.7. The molecule has 6 heteroatoms. The first-order chi connectivity index (χ1) is 11.5. The summed E-state index contributed by atoms with van der Waals surface area (Å²) in [5.41, 5.74) is 0.612. The number of nitrogens with zero attached hydrogens (tertiary/aromatic N) is 1. The zero-order valence-electron chi connectivity index (χ0n) is 14.4. The second-order valence-corrected chi connectivity index (χ2v) is 6.69. The molecule has 1 aromatic carbocycles. The van der Waals surface area contributed by atoms with Crippen LogP contribution in [0, 0.1) is 17.7 Å². The number of hydrogen-bond acceptors (Lipinski definition) is 4. The number of amides is 1. The van der Waals surface area contributed by atoms with Crippen molar-refractivity contribution in [3.05, 3.63) is 29.6 Å². The fourth-order valence-electron chi connectivity index (χ4n) is 2.59. The molecule has 0 spiro atoms. The summed E-state index contributed by atoms with van der Waals surface area (Å²) >= 11 is 0. The Hall–Kier alpha value is -1.66. The van der Waals surface area contributed by atoms with Crippen molar-refractivity contribution in [3.8, 4) is 5.75 Å². The molecular weight excluding hydrogens is 311 g/mol. The molecule has 0 bridgehead atoms. The van der Waals surface area contributed by atoms with Gasteiger partial charge in [0.1, 0.15) is 11.6 Å². The summed E-state index contributed by atoms with van der Waals surface area (Å²) in [4.78, 5) is 13.7. The smallest absolute Gasteiger partial charge is 0.225 e. The van der Waals surface area contributed by atoms with Crippen LogP contribution in [0.2, 0.25) is 0 Å². The topological polar surface area (TPSA) is 61.8 Å². The highest BCUT2D eigenvalue weighted by Gasteiger charge is 2.32. The van der Waals surface area contributed by atoms with Crippen LogP contribution >= 0.6 is 0 Å². The second kappa shape index (κ2) is 8.99. The number of carbonyl (C=O) groups is 1. The van der Waals surface area contributed by atoms with Crippen LogP contribution in [0.4, 0.5) is 4.39 Å². The van der Waals surface area contributed by atoms with Crippen LogP contribution in [0.1, 0.15) is 25.8 Å².